The molecule has 0 spiro atoms. The number of carbonyl (C=O) groups excluding carboxylic acids is 1. The molecule has 1 aliphatic heterocycles. The molecule has 1 atom stereocenters. The highest BCUT2D eigenvalue weighted by Crippen LogP contribution is 2.37. The van der Waals surface area contributed by atoms with Crippen LogP contribution >= 0.6 is 11.6 Å². The fourth-order valence-electron chi connectivity index (χ4n) is 4.12. The Bertz CT molecular complexity index is 1280. The van der Waals surface area contributed by atoms with Crippen molar-refractivity contribution in [2.45, 2.75) is 18.5 Å². The first-order valence-corrected chi connectivity index (χ1v) is 10.3. The first kappa shape index (κ1) is 20.6. The number of rotatable bonds is 3. The van der Waals surface area contributed by atoms with Gasteiger partial charge in [-0.25, -0.2) is 4.98 Å². The number of alkyl halides is 3. The van der Waals surface area contributed by atoms with Crippen LogP contribution in [-0.4, -0.2) is 43.5 Å². The summed E-state index contributed by atoms with van der Waals surface area (Å²) in [4.78, 5) is 18.8. The van der Waals surface area contributed by atoms with E-state index in [9.17, 15) is 18.0 Å². The number of hydrogen-bond acceptors (Lipinski definition) is 3. The number of aromatic amines is 1. The highest BCUT2D eigenvalue weighted by molar-refractivity contribution is 6.33. The number of nitrogens with one attached hydrogen (secondary N) is 1. The van der Waals surface area contributed by atoms with E-state index in [-0.39, 0.29) is 22.3 Å². The van der Waals surface area contributed by atoms with Crippen molar-refractivity contribution < 1.29 is 18.0 Å². The number of fused-ring (bicyclic) bond motifs is 1. The summed E-state index contributed by atoms with van der Waals surface area (Å²) in [5.74, 6) is -0.315. The maximum absolute atomic E-state index is 13.8. The van der Waals surface area contributed by atoms with Gasteiger partial charge in [-0.2, -0.15) is 18.3 Å². The second-order valence-corrected chi connectivity index (χ2v) is 8.08. The van der Waals surface area contributed by atoms with Crippen molar-refractivity contribution in [2.75, 3.05) is 13.1 Å². The Balaban J connectivity index is 1.54. The van der Waals surface area contributed by atoms with Gasteiger partial charge in [-0.3, -0.25) is 14.3 Å². The second-order valence-electron chi connectivity index (χ2n) is 7.72. The molecule has 0 radical (unpaired) electrons. The molecule has 0 aliphatic carbocycles. The summed E-state index contributed by atoms with van der Waals surface area (Å²) < 4.78 is 42.5. The number of nitrogens with zero attached hydrogens (tertiary/aromatic N) is 4. The molecule has 32 heavy (non-hydrogen) atoms. The molecule has 1 aromatic carbocycles. The van der Waals surface area contributed by atoms with Gasteiger partial charge in [0.05, 0.1) is 11.8 Å². The Morgan fingerprint density at radius 2 is 1.97 bits per heavy atom. The number of imidazole rings is 1. The van der Waals surface area contributed by atoms with E-state index in [0.717, 1.165) is 22.5 Å². The fraction of sp³-hybridized carbons (Fsp3) is 0.227. The van der Waals surface area contributed by atoms with Crippen LogP contribution in [0.5, 0.6) is 0 Å². The van der Waals surface area contributed by atoms with Gasteiger partial charge in [0.15, 0.2) is 11.3 Å². The number of hydrogen-bond donors (Lipinski definition) is 1. The van der Waals surface area contributed by atoms with Crippen molar-refractivity contribution in [1.82, 2.24) is 24.5 Å². The lowest BCUT2D eigenvalue weighted by Gasteiger charge is -2.15. The van der Waals surface area contributed by atoms with Crippen LogP contribution < -0.4 is 0 Å². The molecule has 4 heterocycles. The lowest BCUT2D eigenvalue weighted by molar-refractivity contribution is -0.136. The molecule has 0 unspecified atom stereocenters. The van der Waals surface area contributed by atoms with Gasteiger partial charge in [0.2, 0.25) is 0 Å². The molecule has 4 aromatic rings. The number of halogens is 4. The highest BCUT2D eigenvalue weighted by atomic mass is 35.5. The van der Waals surface area contributed by atoms with Gasteiger partial charge >= 0.3 is 6.18 Å². The Morgan fingerprint density at radius 3 is 2.66 bits per heavy atom. The summed E-state index contributed by atoms with van der Waals surface area (Å²) in [5, 5.41) is 6.21. The summed E-state index contributed by atoms with van der Waals surface area (Å²) >= 11 is 6.40. The number of aromatic nitrogens is 4. The molecule has 1 amide bonds. The highest BCUT2D eigenvalue weighted by Gasteiger charge is 2.37. The Kier molecular flexibility index (Phi) is 4.93. The molecule has 1 N–H and O–H groups in total. The molecule has 5 rings (SSSR count). The van der Waals surface area contributed by atoms with E-state index < -0.39 is 23.3 Å². The summed E-state index contributed by atoms with van der Waals surface area (Å²) in [6.07, 6.45) is 0.401. The Labute approximate surface area is 185 Å². The van der Waals surface area contributed by atoms with Crippen molar-refractivity contribution in [3.63, 3.8) is 0 Å². The van der Waals surface area contributed by atoms with E-state index >= 15 is 0 Å². The number of likely N-dealkylation sites (tertiary alicyclic amines) is 1. The van der Waals surface area contributed by atoms with Crippen LogP contribution in [0.4, 0.5) is 13.2 Å². The van der Waals surface area contributed by atoms with Crippen LogP contribution in [0.15, 0.2) is 55.0 Å². The van der Waals surface area contributed by atoms with Gasteiger partial charge in [-0.15, -0.1) is 0 Å². The second kappa shape index (κ2) is 7.67. The maximum Gasteiger partial charge on any atom is 0.420 e. The molecule has 1 saturated heterocycles. The number of carbonyl (C=O) groups is 1. The van der Waals surface area contributed by atoms with Crippen LogP contribution in [0.2, 0.25) is 5.15 Å². The minimum Gasteiger partial charge on any atom is -0.337 e. The zero-order valence-corrected chi connectivity index (χ0v) is 17.4. The monoisotopic (exact) mass is 459 g/mol. The van der Waals surface area contributed by atoms with Crippen molar-refractivity contribution in [3.05, 3.63) is 77.0 Å². The van der Waals surface area contributed by atoms with Gasteiger partial charge in [-0.05, 0) is 18.1 Å². The minimum atomic E-state index is -4.68. The van der Waals surface area contributed by atoms with Crippen molar-refractivity contribution in [2.24, 2.45) is 0 Å². The summed E-state index contributed by atoms with van der Waals surface area (Å²) in [6.45, 7) is 0.939. The largest absolute Gasteiger partial charge is 0.420 e. The molecular weight excluding hydrogens is 443 g/mol. The van der Waals surface area contributed by atoms with Crippen LogP contribution in [0.25, 0.3) is 16.8 Å². The predicted molar refractivity (Wildman–Crippen MR) is 112 cm³/mol. The lowest BCUT2D eigenvalue weighted by atomic mass is 9.99. The minimum absolute atomic E-state index is 0.149. The molecule has 0 bridgehead atoms. The van der Waals surface area contributed by atoms with E-state index in [4.69, 9.17) is 11.6 Å². The summed E-state index contributed by atoms with van der Waals surface area (Å²) in [7, 11) is 0. The van der Waals surface area contributed by atoms with E-state index in [1.54, 1.807) is 4.90 Å². The lowest BCUT2D eigenvalue weighted by Crippen LogP contribution is -2.29. The van der Waals surface area contributed by atoms with Crippen molar-refractivity contribution in [3.8, 4) is 11.1 Å². The number of amides is 1. The molecule has 6 nitrogen and oxygen atoms in total. The van der Waals surface area contributed by atoms with Gasteiger partial charge in [0.1, 0.15) is 5.15 Å². The number of benzene rings is 1. The molecule has 0 saturated carbocycles. The van der Waals surface area contributed by atoms with E-state index in [1.165, 1.54) is 18.6 Å². The van der Waals surface area contributed by atoms with E-state index in [0.29, 0.717) is 18.7 Å². The maximum atomic E-state index is 13.8. The van der Waals surface area contributed by atoms with Crippen LogP contribution in [0, 0.1) is 0 Å². The Hall–Kier alpha value is -3.33. The number of pyridine rings is 1. The van der Waals surface area contributed by atoms with Crippen molar-refractivity contribution in [1.29, 1.82) is 0 Å². The molecular formula is C22H17ClF3N5O. The fourth-order valence-corrected chi connectivity index (χ4v) is 4.37. The third-order valence-corrected chi connectivity index (χ3v) is 6.11. The van der Waals surface area contributed by atoms with Gasteiger partial charge < -0.3 is 4.90 Å². The third-order valence-electron chi connectivity index (χ3n) is 5.75. The first-order chi connectivity index (χ1) is 15.3. The zero-order chi connectivity index (χ0) is 22.5. The normalized spacial score (nSPS) is 16.8. The number of H-pyrrole nitrogens is 1. The SMILES string of the molecule is O=C(c1nc2c(C(F)(F)F)cc(-c3cn[nH]c3)cn2c1Cl)N1CC[C@@H](c2ccccc2)C1. The van der Waals surface area contributed by atoms with E-state index in [2.05, 4.69) is 15.2 Å². The predicted octanol–water partition coefficient (Wildman–Crippen LogP) is 5.03. The van der Waals surface area contributed by atoms with Crippen LogP contribution in [0.1, 0.15) is 34.0 Å². The average Bonchev–Trinajstić information content (AvgIpc) is 3.53. The summed E-state index contributed by atoms with van der Waals surface area (Å²) in [5.41, 5.74) is 0.267. The van der Waals surface area contributed by atoms with Crippen LogP contribution in [0.3, 0.4) is 0 Å². The topological polar surface area (TPSA) is 66.3 Å². The molecule has 164 valence electrons. The molecule has 3 aromatic heterocycles. The zero-order valence-electron chi connectivity index (χ0n) is 16.6. The average molecular weight is 460 g/mol. The third kappa shape index (κ3) is 3.52. The summed E-state index contributed by atoms with van der Waals surface area (Å²) in [6, 6.07) is 10.8. The van der Waals surface area contributed by atoms with E-state index in [1.807, 2.05) is 30.3 Å². The first-order valence-electron chi connectivity index (χ1n) is 9.95. The standard InChI is InChI=1S/C22H17ClF3N5O/c23-19-18(21(32)30-7-6-14(11-30)13-4-2-1-3-5-13)29-20-17(22(24,25)26)8-15(12-31(19)20)16-9-27-28-10-16/h1-5,8-10,12,14H,6-7,11H2,(H,27,28)/t14-/m1/s1. The quantitative estimate of drug-likeness (QED) is 0.467. The van der Waals surface area contributed by atoms with Gasteiger partial charge in [-0.1, -0.05) is 41.9 Å². The smallest absolute Gasteiger partial charge is 0.337 e. The van der Waals surface area contributed by atoms with Gasteiger partial charge in [0.25, 0.3) is 5.91 Å². The molecule has 1 fully saturated rings. The van der Waals surface area contributed by atoms with Crippen LogP contribution in [-0.2, 0) is 6.18 Å². The molecule has 1 aliphatic rings. The molecule has 10 heteroatoms. The van der Waals surface area contributed by atoms with Crippen molar-refractivity contribution >= 4 is 23.2 Å². The van der Waals surface area contributed by atoms with Gasteiger partial charge in [0, 0.05) is 42.5 Å². The Morgan fingerprint density at radius 1 is 1.19 bits per heavy atom.